The van der Waals surface area contributed by atoms with E-state index in [2.05, 4.69) is 173 Å². The van der Waals surface area contributed by atoms with E-state index in [0.29, 0.717) is 0 Å². The van der Waals surface area contributed by atoms with Crippen LogP contribution in [0.15, 0.2) is 146 Å². The number of rotatable bonds is 11. The molecule has 325 valence electrons. The van der Waals surface area contributed by atoms with Crippen LogP contribution in [0.1, 0.15) is 120 Å². The number of halogens is 2. The van der Waals surface area contributed by atoms with Gasteiger partial charge in [0.2, 0.25) is 0 Å². The second-order valence-corrected chi connectivity index (χ2v) is 49.9. The molecule has 2 aliphatic rings. The first-order chi connectivity index (χ1) is 30.5. The van der Waals surface area contributed by atoms with Gasteiger partial charge in [0.25, 0.3) is 0 Å². The molecule has 0 spiro atoms. The fraction of sp³-hybridized carbons (Fsp3) is 0.250. The Kier molecular flexibility index (Phi) is 12.6. The zero-order valence-electron chi connectivity index (χ0n) is 38.2. The fourth-order valence-corrected chi connectivity index (χ4v) is 38.7. The minimum atomic E-state index is -6.57. The van der Waals surface area contributed by atoms with Crippen molar-refractivity contribution in [3.05, 3.63) is 190 Å². The molecule has 6 aromatic rings. The molecule has 0 saturated carbocycles. The summed E-state index contributed by atoms with van der Waals surface area (Å²) in [5.74, 6) is -0.475. The molecule has 0 bridgehead atoms. The molecule has 2 amide bonds. The molecule has 2 N–H and O–H groups in total. The molecule has 4 nitrogen and oxygen atoms in total. The maximum atomic E-state index is 14.1. The Morgan fingerprint density at radius 1 is 0.500 bits per heavy atom. The van der Waals surface area contributed by atoms with Gasteiger partial charge in [-0.05, 0) is 0 Å². The molecule has 6 aromatic carbocycles. The zero-order valence-corrected chi connectivity index (χ0v) is 43.3. The van der Waals surface area contributed by atoms with E-state index in [9.17, 15) is 26.7 Å². The minimum absolute atomic E-state index is 0.140. The average Bonchev–Trinajstić information content (AvgIpc) is 3.90. The molecule has 0 saturated heterocycles. The first-order valence-electron chi connectivity index (χ1n) is 22.6. The van der Waals surface area contributed by atoms with Crippen molar-refractivity contribution in [2.24, 2.45) is 0 Å². The van der Waals surface area contributed by atoms with Gasteiger partial charge in [-0.3, -0.25) is 0 Å². The molecular weight excluding hydrogens is 993 g/mol. The Bertz CT molecular complexity index is 2630. The Hall–Kier alpha value is -4.74. The van der Waals surface area contributed by atoms with Gasteiger partial charge in [-0.1, -0.05) is 0 Å². The normalized spacial score (nSPS) is 16.4. The number of carbonyl (C=O) groups is 2. The van der Waals surface area contributed by atoms with E-state index in [0.717, 1.165) is 66.8 Å². The SMILES string of the molecule is CCC(=O)N[B](NC(=O)CC)[Hf]([Cl])([Cl])([CH]1C(c2ccccc2)=Cc2c(-c3ccccc3C(C)(C)C)cccc21)[CH]1C(c2ccccc2)=Cc2c(-c3ccccc3C(C)(C)C)cccc21. The molecular formula is C56H58BCl2HfN2O2. The Labute approximate surface area is 388 Å². The van der Waals surface area contributed by atoms with Crippen LogP contribution in [-0.2, 0) is 36.3 Å². The third-order valence-corrected chi connectivity index (χ3v) is 41.4. The Morgan fingerprint density at radius 2 is 0.844 bits per heavy atom. The first kappa shape index (κ1) is 45.8. The number of amides is 2. The molecule has 8 rings (SSSR count). The van der Waals surface area contributed by atoms with E-state index in [1.54, 1.807) is 0 Å². The molecule has 64 heavy (non-hydrogen) atoms. The molecule has 0 radical (unpaired) electrons. The van der Waals surface area contributed by atoms with Crippen molar-refractivity contribution < 1.29 is 25.5 Å². The summed E-state index contributed by atoms with van der Waals surface area (Å²) < 4.78 is -2.25. The topological polar surface area (TPSA) is 58.2 Å². The molecule has 0 fully saturated rings. The van der Waals surface area contributed by atoms with Crippen LogP contribution in [0.5, 0.6) is 0 Å². The van der Waals surface area contributed by atoms with Gasteiger partial charge in [0.05, 0.1) is 0 Å². The fourth-order valence-electron chi connectivity index (χ4n) is 10.3. The van der Waals surface area contributed by atoms with Gasteiger partial charge in [-0.25, -0.2) is 0 Å². The van der Waals surface area contributed by atoms with Crippen molar-refractivity contribution in [3.63, 3.8) is 0 Å². The molecule has 0 aliphatic heterocycles. The number of allylic oxidation sites excluding steroid dienone is 2. The van der Waals surface area contributed by atoms with Crippen molar-refractivity contribution in [2.75, 3.05) is 0 Å². The van der Waals surface area contributed by atoms with E-state index in [1.807, 2.05) is 50.2 Å². The number of hydrogen-bond acceptors (Lipinski definition) is 2. The van der Waals surface area contributed by atoms with E-state index in [4.69, 9.17) is 0 Å². The summed E-state index contributed by atoms with van der Waals surface area (Å²) in [5.41, 5.74) is 14.7. The maximum absolute atomic E-state index is 14.1. The second-order valence-electron chi connectivity index (χ2n) is 19.5. The third-order valence-electron chi connectivity index (χ3n) is 13.3. The first-order valence-corrected chi connectivity index (χ1v) is 37.8. The molecule has 0 aromatic heterocycles. The van der Waals surface area contributed by atoms with Crippen LogP contribution in [0.25, 0.3) is 45.6 Å². The predicted molar refractivity (Wildman–Crippen MR) is 270 cm³/mol. The van der Waals surface area contributed by atoms with Gasteiger partial charge >= 0.3 is 392 Å². The van der Waals surface area contributed by atoms with Gasteiger partial charge in [0, 0.05) is 0 Å². The molecule has 2 unspecified atom stereocenters. The van der Waals surface area contributed by atoms with Crippen molar-refractivity contribution in [1.29, 1.82) is 0 Å². The third kappa shape index (κ3) is 8.13. The van der Waals surface area contributed by atoms with E-state index in [-0.39, 0.29) is 35.5 Å². The monoisotopic (exact) mass is 1050 g/mol. The number of benzene rings is 6. The average molecular weight is 1050 g/mol. The predicted octanol–water partition coefficient (Wildman–Crippen LogP) is 14.5. The summed E-state index contributed by atoms with van der Waals surface area (Å²) in [5, 5.41) is 6.66. The number of hydrogen-bond donors (Lipinski definition) is 2. The van der Waals surface area contributed by atoms with E-state index in [1.165, 1.54) is 11.1 Å². The van der Waals surface area contributed by atoms with Crippen LogP contribution in [0.4, 0.5) is 0 Å². The van der Waals surface area contributed by atoms with Crippen molar-refractivity contribution >= 4 is 56.8 Å². The second kappa shape index (κ2) is 17.6. The summed E-state index contributed by atoms with van der Waals surface area (Å²) in [4.78, 5) is 28.1. The van der Waals surface area contributed by atoms with E-state index >= 15 is 0 Å². The summed E-state index contributed by atoms with van der Waals surface area (Å²) in [6.45, 7) is 17.1. The van der Waals surface area contributed by atoms with Crippen LogP contribution in [0, 0.1) is 0 Å². The molecule has 8 heteroatoms. The van der Waals surface area contributed by atoms with Gasteiger partial charge in [0.15, 0.2) is 0 Å². The van der Waals surface area contributed by atoms with Crippen LogP contribution >= 0.6 is 17.2 Å². The van der Waals surface area contributed by atoms with Crippen LogP contribution in [-0.4, -0.2) is 16.4 Å². The summed E-state index contributed by atoms with van der Waals surface area (Å²) in [6, 6.07) is 51.0. The summed E-state index contributed by atoms with van der Waals surface area (Å²) >= 11 is -6.57. The number of nitrogens with one attached hydrogen (secondary N) is 2. The standard InChI is InChI=1S/2C25H23.C6H11BN2O2.2ClH.Hf/c2*1-25(2,3)24-15-8-7-13-22(24)21-14-9-12-19-16-20(17-23(19)21)18-10-5-4-6-11-18;1-3-5(10)8-7-9-6(11)4-2;;;/h2*4-17H,1-3H3;3-4H2,1-2H3,(H-,8,9,10,11);2*1H;/q;;;;;+1/p-1. The van der Waals surface area contributed by atoms with Gasteiger partial charge < -0.3 is 0 Å². The number of carbonyl (C=O) groups excluding carboxylic acids is 2. The Balaban J connectivity index is 1.52. The van der Waals surface area contributed by atoms with Crippen molar-refractivity contribution in [2.45, 2.75) is 86.4 Å². The summed E-state index contributed by atoms with van der Waals surface area (Å²) in [7, 11) is 18.4. The van der Waals surface area contributed by atoms with Crippen molar-refractivity contribution in [1.82, 2.24) is 10.5 Å². The molecule has 2 aliphatic carbocycles. The van der Waals surface area contributed by atoms with Crippen LogP contribution < -0.4 is 10.5 Å². The molecule has 0 heterocycles. The molecule has 2 atom stereocenters. The Morgan fingerprint density at radius 3 is 1.20 bits per heavy atom. The van der Waals surface area contributed by atoms with Gasteiger partial charge in [-0.15, -0.1) is 0 Å². The van der Waals surface area contributed by atoms with Crippen LogP contribution in [0.2, 0.25) is 0 Å². The van der Waals surface area contributed by atoms with E-state index < -0.39 is 27.8 Å². The van der Waals surface area contributed by atoms with Gasteiger partial charge in [0.1, 0.15) is 0 Å². The summed E-state index contributed by atoms with van der Waals surface area (Å²) in [6.07, 6.45) is 4.96. The van der Waals surface area contributed by atoms with Crippen molar-refractivity contribution in [3.8, 4) is 22.3 Å². The zero-order chi connectivity index (χ0) is 45.6. The number of fused-ring (bicyclic) bond motifs is 2. The van der Waals surface area contributed by atoms with Gasteiger partial charge in [-0.2, -0.15) is 0 Å². The quantitative estimate of drug-likeness (QED) is 0.127. The van der Waals surface area contributed by atoms with Crippen LogP contribution in [0.3, 0.4) is 0 Å².